The molecule has 7 heteroatoms. The number of benzene rings is 2. The molecule has 1 aliphatic carbocycles. The summed E-state index contributed by atoms with van der Waals surface area (Å²) in [5, 5.41) is 9.41. The van der Waals surface area contributed by atoms with Crippen molar-refractivity contribution in [1.29, 1.82) is 0 Å². The predicted molar refractivity (Wildman–Crippen MR) is 118 cm³/mol. The molecule has 160 valence electrons. The third-order valence-corrected chi connectivity index (χ3v) is 4.58. The van der Waals surface area contributed by atoms with Crippen LogP contribution in [-0.2, 0) is 11.3 Å². The van der Waals surface area contributed by atoms with Gasteiger partial charge in [0.05, 0.1) is 6.54 Å². The maximum atomic E-state index is 11.8. The Labute approximate surface area is 177 Å². The predicted octanol–water partition coefficient (Wildman–Crippen LogP) is 2.40. The Balaban J connectivity index is 1.36. The molecule has 2 aromatic carbocycles. The highest BCUT2D eigenvalue weighted by molar-refractivity contribution is 5.79. The molecule has 30 heavy (non-hydrogen) atoms. The third-order valence-electron chi connectivity index (χ3n) is 4.58. The number of ether oxygens (including phenoxy) is 2. The van der Waals surface area contributed by atoms with Crippen LogP contribution < -0.4 is 25.4 Å². The second-order valence-electron chi connectivity index (χ2n) is 7.29. The molecular weight excluding hydrogens is 380 g/mol. The molecule has 0 atom stereocenters. The lowest BCUT2D eigenvalue weighted by Crippen LogP contribution is -2.38. The minimum atomic E-state index is -0.0708. The van der Waals surface area contributed by atoms with E-state index in [1.807, 2.05) is 48.5 Å². The van der Waals surface area contributed by atoms with Crippen molar-refractivity contribution in [3.05, 3.63) is 59.7 Å². The van der Waals surface area contributed by atoms with Crippen LogP contribution in [0.3, 0.4) is 0 Å². The fourth-order valence-electron chi connectivity index (χ4n) is 2.77. The molecule has 2 aromatic rings. The van der Waals surface area contributed by atoms with Gasteiger partial charge in [0.25, 0.3) is 5.91 Å². The molecule has 1 saturated carbocycles. The maximum absolute atomic E-state index is 11.8. The Hall–Kier alpha value is -3.22. The number of hydrogen-bond acceptors (Lipinski definition) is 4. The molecule has 0 spiro atoms. The van der Waals surface area contributed by atoms with E-state index in [-0.39, 0.29) is 12.5 Å². The quantitative estimate of drug-likeness (QED) is 0.318. The van der Waals surface area contributed by atoms with E-state index in [0.29, 0.717) is 37.4 Å². The molecule has 0 aliphatic heterocycles. The smallest absolute Gasteiger partial charge is 0.258 e. The molecule has 1 aliphatic rings. The first kappa shape index (κ1) is 21.5. The van der Waals surface area contributed by atoms with Gasteiger partial charge in [-0.1, -0.05) is 29.8 Å². The monoisotopic (exact) mass is 410 g/mol. The van der Waals surface area contributed by atoms with Crippen LogP contribution in [0.15, 0.2) is 53.5 Å². The van der Waals surface area contributed by atoms with Crippen molar-refractivity contribution in [2.75, 3.05) is 26.8 Å². The van der Waals surface area contributed by atoms with Gasteiger partial charge in [0.1, 0.15) is 18.1 Å². The zero-order valence-electron chi connectivity index (χ0n) is 17.6. The van der Waals surface area contributed by atoms with Gasteiger partial charge in [-0.2, -0.15) is 0 Å². The van der Waals surface area contributed by atoms with Crippen LogP contribution in [0.25, 0.3) is 0 Å². The van der Waals surface area contributed by atoms with E-state index in [0.717, 1.165) is 24.2 Å². The lowest BCUT2D eigenvalue weighted by molar-refractivity contribution is -0.123. The topological polar surface area (TPSA) is 84.0 Å². The van der Waals surface area contributed by atoms with Crippen LogP contribution in [0, 0.1) is 6.92 Å². The molecule has 0 radical (unpaired) electrons. The van der Waals surface area contributed by atoms with Crippen molar-refractivity contribution >= 4 is 11.9 Å². The van der Waals surface area contributed by atoms with Crippen LogP contribution in [0.1, 0.15) is 24.0 Å². The van der Waals surface area contributed by atoms with Gasteiger partial charge in [-0.05, 0) is 49.6 Å². The molecule has 0 saturated heterocycles. The van der Waals surface area contributed by atoms with Gasteiger partial charge in [-0.3, -0.25) is 9.79 Å². The summed E-state index contributed by atoms with van der Waals surface area (Å²) >= 11 is 0. The van der Waals surface area contributed by atoms with Crippen molar-refractivity contribution in [1.82, 2.24) is 16.0 Å². The first-order chi connectivity index (χ1) is 14.6. The zero-order valence-corrected chi connectivity index (χ0v) is 17.6. The molecule has 0 aromatic heterocycles. The number of guanidine groups is 1. The number of nitrogens with zero attached hydrogens (tertiary/aromatic N) is 1. The molecule has 3 N–H and O–H groups in total. The average molecular weight is 411 g/mol. The number of amides is 1. The number of carbonyl (C=O) groups is 1. The van der Waals surface area contributed by atoms with E-state index < -0.39 is 0 Å². The summed E-state index contributed by atoms with van der Waals surface area (Å²) in [6, 6.07) is 16.0. The Morgan fingerprint density at radius 2 is 1.87 bits per heavy atom. The summed E-state index contributed by atoms with van der Waals surface area (Å²) in [6.45, 7) is 3.85. The minimum Gasteiger partial charge on any atom is -0.492 e. The Morgan fingerprint density at radius 3 is 2.60 bits per heavy atom. The van der Waals surface area contributed by atoms with Gasteiger partial charge in [0, 0.05) is 19.6 Å². The largest absolute Gasteiger partial charge is 0.492 e. The van der Waals surface area contributed by atoms with Gasteiger partial charge in [-0.15, -0.1) is 0 Å². The van der Waals surface area contributed by atoms with Gasteiger partial charge >= 0.3 is 0 Å². The SMILES string of the molecule is CN=C(NCCOc1ccc(C)cc1)NCc1cccc(OCC(=O)NC2CC2)c1. The number of carbonyl (C=O) groups excluding carboxylic acids is 1. The molecule has 1 fully saturated rings. The summed E-state index contributed by atoms with van der Waals surface area (Å²) in [5.74, 6) is 2.15. The van der Waals surface area contributed by atoms with E-state index in [1.54, 1.807) is 7.05 Å². The van der Waals surface area contributed by atoms with E-state index in [1.165, 1.54) is 5.56 Å². The lowest BCUT2D eigenvalue weighted by Gasteiger charge is -2.13. The fraction of sp³-hybridized carbons (Fsp3) is 0.391. The highest BCUT2D eigenvalue weighted by Gasteiger charge is 2.23. The second kappa shape index (κ2) is 11.1. The summed E-state index contributed by atoms with van der Waals surface area (Å²) in [7, 11) is 1.73. The van der Waals surface area contributed by atoms with Crippen LogP contribution >= 0.6 is 0 Å². The van der Waals surface area contributed by atoms with E-state index in [9.17, 15) is 4.79 Å². The summed E-state index contributed by atoms with van der Waals surface area (Å²) < 4.78 is 11.3. The fourth-order valence-corrected chi connectivity index (χ4v) is 2.77. The Morgan fingerprint density at radius 1 is 1.07 bits per heavy atom. The van der Waals surface area contributed by atoms with E-state index >= 15 is 0 Å². The molecule has 0 heterocycles. The standard InChI is InChI=1S/C23H30N4O3/c1-17-6-10-20(11-7-17)29-13-12-25-23(24-2)26-15-18-4-3-5-21(14-18)30-16-22(28)27-19-8-9-19/h3-7,10-11,14,19H,8-9,12-13,15-16H2,1-2H3,(H,27,28)(H2,24,25,26). The van der Waals surface area contributed by atoms with Crippen molar-refractivity contribution in [2.24, 2.45) is 4.99 Å². The normalized spacial score (nSPS) is 13.5. The molecule has 0 bridgehead atoms. The van der Waals surface area contributed by atoms with Crippen molar-refractivity contribution in [2.45, 2.75) is 32.4 Å². The van der Waals surface area contributed by atoms with Gasteiger partial charge < -0.3 is 25.4 Å². The van der Waals surface area contributed by atoms with Crippen molar-refractivity contribution < 1.29 is 14.3 Å². The third kappa shape index (κ3) is 7.66. The molecule has 7 nitrogen and oxygen atoms in total. The lowest BCUT2D eigenvalue weighted by atomic mass is 10.2. The molecular formula is C23H30N4O3. The summed E-state index contributed by atoms with van der Waals surface area (Å²) in [6.07, 6.45) is 2.14. The number of hydrogen-bond donors (Lipinski definition) is 3. The molecule has 0 unspecified atom stereocenters. The number of aliphatic imine (C=N–C) groups is 1. The second-order valence-corrected chi connectivity index (χ2v) is 7.29. The highest BCUT2D eigenvalue weighted by Crippen LogP contribution is 2.18. The maximum Gasteiger partial charge on any atom is 0.258 e. The van der Waals surface area contributed by atoms with E-state index in [2.05, 4.69) is 27.9 Å². The van der Waals surface area contributed by atoms with Gasteiger partial charge in [0.15, 0.2) is 12.6 Å². The summed E-state index contributed by atoms with van der Waals surface area (Å²) in [4.78, 5) is 16.0. The summed E-state index contributed by atoms with van der Waals surface area (Å²) in [5.41, 5.74) is 2.25. The minimum absolute atomic E-state index is 0.0393. The molecule has 1 amide bonds. The highest BCUT2D eigenvalue weighted by atomic mass is 16.5. The van der Waals surface area contributed by atoms with Gasteiger partial charge in [0.2, 0.25) is 0 Å². The van der Waals surface area contributed by atoms with Crippen LogP contribution in [0.2, 0.25) is 0 Å². The van der Waals surface area contributed by atoms with Crippen molar-refractivity contribution in [3.8, 4) is 11.5 Å². The number of rotatable bonds is 10. The Kier molecular flexibility index (Phi) is 7.94. The number of nitrogens with one attached hydrogen (secondary N) is 3. The zero-order chi connectivity index (χ0) is 21.2. The first-order valence-corrected chi connectivity index (χ1v) is 10.3. The van der Waals surface area contributed by atoms with Gasteiger partial charge in [-0.25, -0.2) is 0 Å². The van der Waals surface area contributed by atoms with Crippen LogP contribution in [-0.4, -0.2) is 44.7 Å². The van der Waals surface area contributed by atoms with Crippen LogP contribution in [0.5, 0.6) is 11.5 Å². The molecule has 3 rings (SSSR count). The van der Waals surface area contributed by atoms with Crippen LogP contribution in [0.4, 0.5) is 0 Å². The van der Waals surface area contributed by atoms with E-state index in [4.69, 9.17) is 9.47 Å². The Bertz CT molecular complexity index is 848. The number of aryl methyl sites for hydroxylation is 1. The first-order valence-electron chi connectivity index (χ1n) is 10.3. The van der Waals surface area contributed by atoms with Crippen molar-refractivity contribution in [3.63, 3.8) is 0 Å². The average Bonchev–Trinajstić information content (AvgIpc) is 3.57.